The third-order valence-corrected chi connectivity index (χ3v) is 6.07. The average molecular weight is 354 g/mol. The van der Waals surface area contributed by atoms with Crippen LogP contribution in [-0.2, 0) is 15.0 Å². The largest absolute Gasteiger partial charge is 0.393 e. The number of aliphatic hydroxyl groups excluding tert-OH is 1. The average Bonchev–Trinajstić information content (AvgIpc) is 3.11. The Morgan fingerprint density at radius 2 is 1.96 bits per heavy atom. The Labute approximate surface area is 144 Å². The van der Waals surface area contributed by atoms with Crippen LogP contribution in [0.15, 0.2) is 24.3 Å². The summed E-state index contributed by atoms with van der Waals surface area (Å²) in [5, 5.41) is 9.03. The van der Waals surface area contributed by atoms with E-state index >= 15 is 0 Å². The number of nitrogens with one attached hydrogen (secondary N) is 1. The molecule has 0 radical (unpaired) electrons. The van der Waals surface area contributed by atoms with Crippen molar-refractivity contribution in [3.63, 3.8) is 0 Å². The van der Waals surface area contributed by atoms with Gasteiger partial charge in [-0.15, -0.1) is 0 Å². The number of carbonyl (C=O) groups excluding carboxylic acids is 1. The molecule has 2 aliphatic rings. The summed E-state index contributed by atoms with van der Waals surface area (Å²) >= 11 is 0. The number of hydrogen-bond acceptors (Lipinski definition) is 4. The lowest BCUT2D eigenvalue weighted by Gasteiger charge is -2.15. The highest BCUT2D eigenvalue weighted by molar-refractivity contribution is 7.91. The number of anilines is 1. The number of carbonyl (C=O) groups is 1. The van der Waals surface area contributed by atoms with Gasteiger partial charge in [-0.3, -0.25) is 4.31 Å². The normalized spacial score (nSPS) is 28.3. The lowest BCUT2D eigenvalue weighted by molar-refractivity contribution is -0.108. The molecule has 1 saturated heterocycles. The summed E-state index contributed by atoms with van der Waals surface area (Å²) in [6.07, 6.45) is 5.22. The highest BCUT2D eigenvalue weighted by Gasteiger charge is 2.35. The zero-order valence-electron chi connectivity index (χ0n) is 14.2. The van der Waals surface area contributed by atoms with Gasteiger partial charge in [-0.25, -0.2) is 0 Å². The van der Waals surface area contributed by atoms with Crippen LogP contribution in [0.1, 0.15) is 38.2 Å². The van der Waals surface area contributed by atoms with Crippen molar-refractivity contribution in [2.45, 2.75) is 51.7 Å². The highest BCUT2D eigenvalue weighted by Crippen LogP contribution is 2.27. The summed E-state index contributed by atoms with van der Waals surface area (Å²) in [4.78, 5) is 10.6. The smallest absolute Gasteiger partial charge is 0.302 e. The molecule has 0 aromatic heterocycles. The second-order valence-electron chi connectivity index (χ2n) is 6.47. The van der Waals surface area contributed by atoms with Crippen molar-refractivity contribution in [2.24, 2.45) is 5.92 Å². The number of aldehydes is 1. The van der Waals surface area contributed by atoms with Gasteiger partial charge in [0.25, 0.3) is 0 Å². The van der Waals surface area contributed by atoms with Crippen LogP contribution in [0.4, 0.5) is 5.69 Å². The van der Waals surface area contributed by atoms with Gasteiger partial charge in [0.05, 0.1) is 24.4 Å². The van der Waals surface area contributed by atoms with E-state index < -0.39 is 16.3 Å². The molecule has 3 unspecified atom stereocenters. The van der Waals surface area contributed by atoms with Crippen molar-refractivity contribution >= 4 is 22.2 Å². The lowest BCUT2D eigenvalue weighted by Crippen LogP contribution is -2.30. The first-order valence-electron chi connectivity index (χ1n) is 8.35. The Morgan fingerprint density at radius 1 is 1.29 bits per heavy atom. The fraction of sp³-hybridized carbons (Fsp3) is 0.588. The van der Waals surface area contributed by atoms with E-state index in [0.717, 1.165) is 24.3 Å². The van der Waals surface area contributed by atoms with Crippen molar-refractivity contribution < 1.29 is 18.3 Å². The zero-order chi connectivity index (χ0) is 17.7. The molecule has 3 rings (SSSR count). The highest BCUT2D eigenvalue weighted by atomic mass is 32.2. The zero-order valence-corrected chi connectivity index (χ0v) is 15.0. The summed E-state index contributed by atoms with van der Waals surface area (Å²) in [6, 6.07) is 6.45. The maximum atomic E-state index is 11.7. The van der Waals surface area contributed by atoms with Gasteiger partial charge < -0.3 is 9.90 Å². The Balaban J connectivity index is 0.000000219. The fourth-order valence-electron chi connectivity index (χ4n) is 3.01. The van der Waals surface area contributed by atoms with Gasteiger partial charge in [-0.2, -0.15) is 13.1 Å². The van der Waals surface area contributed by atoms with E-state index in [1.54, 1.807) is 12.1 Å². The first-order valence-corrected chi connectivity index (χ1v) is 9.79. The van der Waals surface area contributed by atoms with Crippen LogP contribution in [0.5, 0.6) is 0 Å². The third-order valence-electron chi connectivity index (χ3n) is 4.53. The van der Waals surface area contributed by atoms with E-state index in [-0.39, 0.29) is 12.6 Å². The summed E-state index contributed by atoms with van der Waals surface area (Å²) in [5.41, 5.74) is 1.63. The molecule has 1 saturated carbocycles. The molecular weight excluding hydrogens is 328 g/mol. The number of rotatable bonds is 3. The van der Waals surface area contributed by atoms with Gasteiger partial charge in [-0.05, 0) is 44.2 Å². The number of benzene rings is 1. The molecule has 1 aromatic carbocycles. The molecule has 1 aliphatic heterocycles. The quantitative estimate of drug-likeness (QED) is 0.810. The maximum absolute atomic E-state index is 11.7. The van der Waals surface area contributed by atoms with Gasteiger partial charge in [0.15, 0.2) is 0 Å². The van der Waals surface area contributed by atoms with Gasteiger partial charge in [-0.1, -0.05) is 31.0 Å². The molecule has 1 aliphatic carbocycles. The van der Waals surface area contributed by atoms with Crippen LogP contribution in [0.3, 0.4) is 0 Å². The number of aliphatic hydroxyl groups is 1. The fourth-order valence-corrected chi connectivity index (χ4v) is 4.41. The van der Waals surface area contributed by atoms with E-state index in [2.05, 4.69) is 11.6 Å². The van der Waals surface area contributed by atoms with E-state index in [0.29, 0.717) is 12.0 Å². The molecular formula is C17H26N2O4S. The maximum Gasteiger partial charge on any atom is 0.302 e. The van der Waals surface area contributed by atoms with E-state index in [1.165, 1.54) is 17.1 Å². The SMILES string of the molecule is CCC1CCC(O)C1.Cc1ccc(N2CC(C=O)NS2(=O)=O)cc1. The van der Waals surface area contributed by atoms with Crippen molar-refractivity contribution in [1.29, 1.82) is 0 Å². The standard InChI is InChI=1S/C10H12N2O3S.C7H14O/c1-8-2-4-10(5-3-8)12-6-9(7-13)11-16(12,14)15;1-2-6-3-4-7(8)5-6/h2-5,7,9,11H,6H2,1H3;6-8H,2-5H2,1H3. The van der Waals surface area contributed by atoms with E-state index in [4.69, 9.17) is 5.11 Å². The Bertz CT molecular complexity index is 645. The Hall–Kier alpha value is -1.44. The number of aryl methyl sites for hydroxylation is 1. The molecule has 1 heterocycles. The van der Waals surface area contributed by atoms with Crippen molar-refractivity contribution in [3.8, 4) is 0 Å². The van der Waals surface area contributed by atoms with E-state index in [9.17, 15) is 13.2 Å². The van der Waals surface area contributed by atoms with Gasteiger partial charge >= 0.3 is 10.2 Å². The van der Waals surface area contributed by atoms with Crippen LogP contribution in [0.2, 0.25) is 0 Å². The summed E-state index contributed by atoms with van der Waals surface area (Å²) in [5.74, 6) is 0.824. The van der Waals surface area contributed by atoms with Gasteiger partial charge in [0.2, 0.25) is 0 Å². The lowest BCUT2D eigenvalue weighted by atomic mass is 10.1. The van der Waals surface area contributed by atoms with Gasteiger partial charge in [0.1, 0.15) is 6.29 Å². The second kappa shape index (κ2) is 8.09. The molecule has 6 nitrogen and oxygen atoms in total. The topological polar surface area (TPSA) is 86.7 Å². The van der Waals surface area contributed by atoms with Crippen LogP contribution >= 0.6 is 0 Å². The number of nitrogens with zero attached hydrogens (tertiary/aromatic N) is 1. The van der Waals surface area contributed by atoms with Gasteiger partial charge in [0, 0.05) is 0 Å². The molecule has 0 spiro atoms. The molecule has 24 heavy (non-hydrogen) atoms. The minimum atomic E-state index is -3.56. The minimum Gasteiger partial charge on any atom is -0.393 e. The molecule has 1 aromatic rings. The minimum absolute atomic E-state index is 0.0277. The number of hydrogen-bond donors (Lipinski definition) is 2. The molecule has 7 heteroatoms. The Kier molecular flexibility index (Phi) is 6.37. The predicted octanol–water partition coefficient (Wildman–Crippen LogP) is 1.77. The van der Waals surface area contributed by atoms with E-state index in [1.807, 2.05) is 19.1 Å². The molecule has 0 bridgehead atoms. The first-order chi connectivity index (χ1) is 11.4. The summed E-state index contributed by atoms with van der Waals surface area (Å²) in [7, 11) is -3.56. The summed E-state index contributed by atoms with van der Waals surface area (Å²) < 4.78 is 26.8. The van der Waals surface area contributed by atoms with Crippen LogP contribution in [0.25, 0.3) is 0 Å². The monoisotopic (exact) mass is 354 g/mol. The third kappa shape index (κ3) is 4.78. The van der Waals surface area contributed by atoms with Crippen LogP contribution in [0, 0.1) is 12.8 Å². The van der Waals surface area contributed by atoms with Crippen LogP contribution < -0.4 is 9.03 Å². The molecule has 2 fully saturated rings. The second-order valence-corrected chi connectivity index (χ2v) is 8.10. The summed E-state index contributed by atoms with van der Waals surface area (Å²) in [6.45, 7) is 4.27. The van der Waals surface area contributed by atoms with Crippen molar-refractivity contribution in [3.05, 3.63) is 29.8 Å². The van der Waals surface area contributed by atoms with Crippen LogP contribution in [-0.4, -0.2) is 38.5 Å². The van der Waals surface area contributed by atoms with Crippen molar-refractivity contribution in [1.82, 2.24) is 4.72 Å². The molecule has 0 amide bonds. The predicted molar refractivity (Wildman–Crippen MR) is 94.1 cm³/mol. The molecule has 2 N–H and O–H groups in total. The van der Waals surface area contributed by atoms with Crippen molar-refractivity contribution in [2.75, 3.05) is 10.8 Å². The molecule has 134 valence electrons. The Morgan fingerprint density at radius 3 is 2.38 bits per heavy atom. The molecule has 3 atom stereocenters. The first kappa shape index (κ1) is 18.9.